The van der Waals surface area contributed by atoms with E-state index in [0.29, 0.717) is 18.7 Å². The van der Waals surface area contributed by atoms with E-state index in [1.807, 2.05) is 61.9 Å². The van der Waals surface area contributed by atoms with E-state index in [1.54, 1.807) is 18.1 Å². The molecular weight excluding hydrogens is 360 g/mol. The lowest BCUT2D eigenvalue weighted by Crippen LogP contribution is -2.26. The zero-order valence-corrected chi connectivity index (χ0v) is 16.8. The van der Waals surface area contributed by atoms with Crippen LogP contribution in [0.1, 0.15) is 38.6 Å². The van der Waals surface area contributed by atoms with Gasteiger partial charge in [0.1, 0.15) is 0 Å². The van der Waals surface area contributed by atoms with Gasteiger partial charge in [-0.15, -0.1) is 0 Å². The van der Waals surface area contributed by atoms with Crippen LogP contribution in [0, 0.1) is 20.8 Å². The van der Waals surface area contributed by atoms with E-state index in [0.717, 1.165) is 33.2 Å². The Morgan fingerprint density at radius 2 is 1.89 bits per heavy atom. The highest BCUT2D eigenvalue weighted by atomic mass is 35.5. The van der Waals surface area contributed by atoms with Crippen molar-refractivity contribution in [2.45, 2.75) is 33.9 Å². The quantitative estimate of drug-likeness (QED) is 0.665. The van der Waals surface area contributed by atoms with Crippen molar-refractivity contribution in [2.24, 2.45) is 0 Å². The normalized spacial score (nSPS) is 10.9. The summed E-state index contributed by atoms with van der Waals surface area (Å²) in [5, 5.41) is 5.38. The molecule has 0 aliphatic carbocycles. The predicted octanol–water partition coefficient (Wildman–Crippen LogP) is 4.18. The highest BCUT2D eigenvalue weighted by Crippen LogP contribution is 2.20. The van der Waals surface area contributed by atoms with Crippen LogP contribution in [0.25, 0.3) is 0 Å². The molecule has 5 nitrogen and oxygen atoms in total. The van der Waals surface area contributed by atoms with Gasteiger partial charge in [-0.05, 0) is 44.5 Å². The van der Waals surface area contributed by atoms with Crippen LogP contribution in [0.5, 0.6) is 0 Å². The molecule has 0 N–H and O–H groups in total. The summed E-state index contributed by atoms with van der Waals surface area (Å²) in [5.41, 5.74) is 5.50. The third-order valence-corrected chi connectivity index (χ3v) is 5.08. The summed E-state index contributed by atoms with van der Waals surface area (Å²) in [7, 11) is 1.80. The van der Waals surface area contributed by atoms with Gasteiger partial charge in [0.25, 0.3) is 5.91 Å². The molecule has 3 aromatic rings. The molecule has 0 aliphatic rings. The van der Waals surface area contributed by atoms with Gasteiger partial charge in [-0.1, -0.05) is 29.8 Å². The number of hydrogen-bond acceptors (Lipinski definition) is 3. The van der Waals surface area contributed by atoms with E-state index < -0.39 is 0 Å². The van der Waals surface area contributed by atoms with Crippen molar-refractivity contribution in [1.29, 1.82) is 0 Å². The SMILES string of the molecule is Cc1ccc(C(=O)N(C)Cc2c(C)nn(Cc3ccccc3Cl)c2C)cn1. The lowest BCUT2D eigenvalue weighted by Gasteiger charge is -2.17. The standard InChI is InChI=1S/C21H23ClN4O/c1-14-9-10-17(11-23-14)21(27)25(4)13-19-15(2)24-26(16(19)3)12-18-7-5-6-8-20(18)22/h5-11H,12-13H2,1-4H3. The van der Waals surface area contributed by atoms with E-state index in [1.165, 1.54) is 0 Å². The number of benzene rings is 1. The van der Waals surface area contributed by atoms with E-state index >= 15 is 0 Å². The maximum Gasteiger partial charge on any atom is 0.255 e. The van der Waals surface area contributed by atoms with Crippen molar-refractivity contribution in [2.75, 3.05) is 7.05 Å². The molecule has 2 aromatic heterocycles. The molecule has 6 heteroatoms. The molecule has 0 fully saturated rings. The number of aryl methyl sites for hydroxylation is 2. The van der Waals surface area contributed by atoms with E-state index in [4.69, 9.17) is 11.6 Å². The Balaban J connectivity index is 1.79. The Kier molecular flexibility index (Phi) is 5.61. The van der Waals surface area contributed by atoms with E-state index in [-0.39, 0.29) is 5.91 Å². The van der Waals surface area contributed by atoms with E-state index in [2.05, 4.69) is 10.1 Å². The van der Waals surface area contributed by atoms with Gasteiger partial charge in [-0.3, -0.25) is 14.5 Å². The Morgan fingerprint density at radius 1 is 1.15 bits per heavy atom. The number of hydrogen-bond donors (Lipinski definition) is 0. The third kappa shape index (κ3) is 4.19. The molecule has 1 amide bonds. The molecule has 3 rings (SSSR count). The zero-order valence-electron chi connectivity index (χ0n) is 16.0. The van der Waals surface area contributed by atoms with Crippen molar-refractivity contribution in [3.05, 3.63) is 81.4 Å². The van der Waals surface area contributed by atoms with Gasteiger partial charge in [0, 0.05) is 41.8 Å². The third-order valence-electron chi connectivity index (χ3n) is 4.71. The van der Waals surface area contributed by atoms with Crippen molar-refractivity contribution in [3.8, 4) is 0 Å². The predicted molar refractivity (Wildman–Crippen MR) is 107 cm³/mol. The highest BCUT2D eigenvalue weighted by molar-refractivity contribution is 6.31. The molecule has 0 atom stereocenters. The molecule has 140 valence electrons. The number of carbonyl (C=O) groups excluding carboxylic acids is 1. The fourth-order valence-corrected chi connectivity index (χ4v) is 3.22. The van der Waals surface area contributed by atoms with Gasteiger partial charge in [-0.25, -0.2) is 0 Å². The number of amides is 1. The number of halogens is 1. The van der Waals surface area contributed by atoms with Gasteiger partial charge in [-0.2, -0.15) is 5.10 Å². The highest BCUT2D eigenvalue weighted by Gasteiger charge is 2.18. The fourth-order valence-electron chi connectivity index (χ4n) is 3.03. The second-order valence-corrected chi connectivity index (χ2v) is 7.16. The van der Waals surface area contributed by atoms with Gasteiger partial charge in [0.05, 0.1) is 17.8 Å². The van der Waals surface area contributed by atoms with Crippen LogP contribution in [0.3, 0.4) is 0 Å². The first kappa shape index (κ1) is 19.1. The first-order chi connectivity index (χ1) is 12.9. The summed E-state index contributed by atoms with van der Waals surface area (Å²) in [4.78, 5) is 18.6. The molecule has 0 aliphatic heterocycles. The zero-order chi connectivity index (χ0) is 19.6. The first-order valence-electron chi connectivity index (χ1n) is 8.81. The number of pyridine rings is 1. The Hall–Kier alpha value is -2.66. The number of aromatic nitrogens is 3. The molecule has 0 unspecified atom stereocenters. The average molecular weight is 383 g/mol. The lowest BCUT2D eigenvalue weighted by atomic mass is 10.1. The van der Waals surface area contributed by atoms with Crippen molar-refractivity contribution in [3.63, 3.8) is 0 Å². The smallest absolute Gasteiger partial charge is 0.255 e. The molecule has 2 heterocycles. The van der Waals surface area contributed by atoms with Crippen molar-refractivity contribution in [1.82, 2.24) is 19.7 Å². The summed E-state index contributed by atoms with van der Waals surface area (Å²) >= 11 is 6.28. The van der Waals surface area contributed by atoms with Gasteiger partial charge in [0.15, 0.2) is 0 Å². The van der Waals surface area contributed by atoms with Crippen LogP contribution in [-0.2, 0) is 13.1 Å². The first-order valence-corrected chi connectivity index (χ1v) is 9.19. The van der Waals surface area contributed by atoms with Crippen molar-refractivity contribution < 1.29 is 4.79 Å². The minimum absolute atomic E-state index is 0.0554. The number of carbonyl (C=O) groups is 1. The molecule has 1 aromatic carbocycles. The Bertz CT molecular complexity index is 963. The summed E-state index contributed by atoms with van der Waals surface area (Å²) in [6.07, 6.45) is 1.62. The molecule has 27 heavy (non-hydrogen) atoms. The lowest BCUT2D eigenvalue weighted by molar-refractivity contribution is 0.0784. The molecule has 0 saturated heterocycles. The van der Waals surface area contributed by atoms with E-state index in [9.17, 15) is 4.79 Å². The molecule has 0 spiro atoms. The monoisotopic (exact) mass is 382 g/mol. The van der Waals surface area contributed by atoms with Crippen LogP contribution < -0.4 is 0 Å². The Labute approximate surface area is 164 Å². The largest absolute Gasteiger partial charge is 0.337 e. The van der Waals surface area contributed by atoms with Crippen LogP contribution in [-0.4, -0.2) is 32.6 Å². The van der Waals surface area contributed by atoms with Gasteiger partial charge >= 0.3 is 0 Å². The van der Waals surface area contributed by atoms with Crippen LogP contribution >= 0.6 is 11.6 Å². The average Bonchev–Trinajstić information content (AvgIpc) is 2.91. The molecular formula is C21H23ClN4O. The second-order valence-electron chi connectivity index (χ2n) is 6.75. The topological polar surface area (TPSA) is 51.0 Å². The van der Waals surface area contributed by atoms with Crippen molar-refractivity contribution >= 4 is 17.5 Å². The molecule has 0 bridgehead atoms. The minimum atomic E-state index is -0.0554. The van der Waals surface area contributed by atoms with Gasteiger partial charge < -0.3 is 4.90 Å². The summed E-state index contributed by atoms with van der Waals surface area (Å²) in [5.74, 6) is -0.0554. The number of rotatable bonds is 5. The Morgan fingerprint density at radius 3 is 2.56 bits per heavy atom. The van der Waals surface area contributed by atoms with Gasteiger partial charge in [0.2, 0.25) is 0 Å². The summed E-state index contributed by atoms with van der Waals surface area (Å²) in [6, 6.07) is 11.4. The van der Waals surface area contributed by atoms with Crippen LogP contribution in [0.2, 0.25) is 5.02 Å². The summed E-state index contributed by atoms with van der Waals surface area (Å²) in [6.45, 7) is 6.99. The minimum Gasteiger partial charge on any atom is -0.337 e. The number of nitrogens with zero attached hydrogens (tertiary/aromatic N) is 4. The van der Waals surface area contributed by atoms with Crippen LogP contribution in [0.15, 0.2) is 42.6 Å². The van der Waals surface area contributed by atoms with Crippen LogP contribution in [0.4, 0.5) is 0 Å². The molecule has 0 radical (unpaired) electrons. The maximum atomic E-state index is 12.7. The molecule has 0 saturated carbocycles. The maximum absolute atomic E-state index is 12.7. The summed E-state index contributed by atoms with van der Waals surface area (Å²) < 4.78 is 1.94. The second kappa shape index (κ2) is 7.92. The fraction of sp³-hybridized carbons (Fsp3) is 0.286.